The van der Waals surface area contributed by atoms with Crippen LogP contribution in [0.5, 0.6) is 0 Å². The molecule has 0 bridgehead atoms. The molecule has 3 heteroatoms. The molecule has 0 aliphatic heterocycles. The average Bonchev–Trinajstić information content (AvgIpc) is 3.65. The Morgan fingerprint density at radius 3 is 1.54 bits per heavy atom. The van der Waals surface area contributed by atoms with Gasteiger partial charge in [0, 0.05) is 32.9 Å². The smallest absolute Gasteiger partial charge is 0.187 e. The number of aromatic nitrogens is 2. The molecular weight excluding hydrogens is 558 g/mol. The number of benzene rings is 7. The van der Waals surface area contributed by atoms with Crippen LogP contribution in [-0.2, 0) is 0 Å². The van der Waals surface area contributed by atoms with E-state index in [1.807, 2.05) is 24.3 Å². The van der Waals surface area contributed by atoms with Gasteiger partial charge in [0.1, 0.15) is 0 Å². The minimum Gasteiger partial charge on any atom is -0.309 e. The maximum absolute atomic E-state index is 7.31. The fourth-order valence-electron chi connectivity index (χ4n) is 7.10. The molecule has 0 N–H and O–H groups in total. The Kier molecular flexibility index (Phi) is 5.88. The summed E-state index contributed by atoms with van der Waals surface area (Å²) in [4.78, 5) is 3.56. The maximum Gasteiger partial charge on any atom is 0.187 e. The molecule has 9 aromatic rings. The number of nitrogens with zero attached hydrogens (tertiary/aromatic N) is 3. The second-order valence-corrected chi connectivity index (χ2v) is 11.7. The number of fused-ring (bicyclic) bond motifs is 6. The van der Waals surface area contributed by atoms with Crippen molar-refractivity contribution in [3.05, 3.63) is 175 Å². The van der Waals surface area contributed by atoms with Crippen molar-refractivity contribution < 1.29 is 0 Å². The summed E-state index contributed by atoms with van der Waals surface area (Å²) in [6.07, 6.45) is 0. The standard InChI is InChI=1S/C43H27N3/c1-44-32-25-23-29(24-26-32)30-11-8-13-33(27-30)46-41-21-7-4-17-38(41)43-35(18-10-22-42(43)46)31-12-9-14-34(28-31)45-39-19-5-2-15-36(39)37-16-3-6-20-40(37)45/h2-28H. The minimum absolute atomic E-state index is 0.650. The van der Waals surface area contributed by atoms with Crippen molar-refractivity contribution in [1.82, 2.24) is 9.13 Å². The fraction of sp³-hybridized carbons (Fsp3) is 0. The van der Waals surface area contributed by atoms with Gasteiger partial charge in [-0.3, -0.25) is 0 Å². The molecule has 9 rings (SSSR count). The lowest BCUT2D eigenvalue weighted by atomic mass is 9.99. The van der Waals surface area contributed by atoms with Crippen molar-refractivity contribution in [3.63, 3.8) is 0 Å². The first-order chi connectivity index (χ1) is 22.8. The van der Waals surface area contributed by atoms with E-state index in [4.69, 9.17) is 6.57 Å². The summed E-state index contributed by atoms with van der Waals surface area (Å²) < 4.78 is 4.76. The zero-order valence-electron chi connectivity index (χ0n) is 24.9. The van der Waals surface area contributed by atoms with Gasteiger partial charge in [-0.1, -0.05) is 115 Å². The highest BCUT2D eigenvalue weighted by molar-refractivity contribution is 6.16. The highest BCUT2D eigenvalue weighted by Gasteiger charge is 2.17. The predicted octanol–water partition coefficient (Wildman–Crippen LogP) is 11.8. The van der Waals surface area contributed by atoms with Crippen LogP contribution >= 0.6 is 0 Å². The van der Waals surface area contributed by atoms with Crippen molar-refractivity contribution >= 4 is 49.3 Å². The largest absolute Gasteiger partial charge is 0.309 e. The molecule has 0 atom stereocenters. The Hall–Kier alpha value is -6.37. The van der Waals surface area contributed by atoms with Crippen LogP contribution in [0.2, 0.25) is 0 Å². The van der Waals surface area contributed by atoms with Gasteiger partial charge in [-0.15, -0.1) is 0 Å². The van der Waals surface area contributed by atoms with Crippen LogP contribution in [0.1, 0.15) is 0 Å². The van der Waals surface area contributed by atoms with Gasteiger partial charge < -0.3 is 9.13 Å². The maximum atomic E-state index is 7.31. The average molecular weight is 586 g/mol. The lowest BCUT2D eigenvalue weighted by Gasteiger charge is -2.12. The second-order valence-electron chi connectivity index (χ2n) is 11.7. The van der Waals surface area contributed by atoms with E-state index in [9.17, 15) is 0 Å². The molecule has 0 unspecified atom stereocenters. The van der Waals surface area contributed by atoms with Gasteiger partial charge in [-0.05, 0) is 70.8 Å². The number of hydrogen-bond donors (Lipinski definition) is 0. The highest BCUT2D eigenvalue weighted by atomic mass is 15.0. The van der Waals surface area contributed by atoms with Crippen LogP contribution in [-0.4, -0.2) is 9.13 Å². The first-order valence-corrected chi connectivity index (χ1v) is 15.5. The molecule has 0 radical (unpaired) electrons. The number of rotatable bonds is 4. The fourth-order valence-corrected chi connectivity index (χ4v) is 7.10. The van der Waals surface area contributed by atoms with Gasteiger partial charge in [0.25, 0.3) is 0 Å². The van der Waals surface area contributed by atoms with Crippen LogP contribution in [0.3, 0.4) is 0 Å². The van der Waals surface area contributed by atoms with Gasteiger partial charge in [0.2, 0.25) is 0 Å². The molecule has 214 valence electrons. The van der Waals surface area contributed by atoms with Crippen molar-refractivity contribution in [2.24, 2.45) is 0 Å². The summed E-state index contributed by atoms with van der Waals surface area (Å²) in [5.41, 5.74) is 12.3. The van der Waals surface area contributed by atoms with Gasteiger partial charge >= 0.3 is 0 Å². The van der Waals surface area contributed by atoms with Crippen LogP contribution in [0.15, 0.2) is 164 Å². The van der Waals surface area contributed by atoms with Crippen molar-refractivity contribution in [1.29, 1.82) is 0 Å². The first-order valence-electron chi connectivity index (χ1n) is 15.5. The topological polar surface area (TPSA) is 14.2 Å². The lowest BCUT2D eigenvalue weighted by molar-refractivity contribution is 1.18. The molecule has 3 nitrogen and oxygen atoms in total. The predicted molar refractivity (Wildman–Crippen MR) is 192 cm³/mol. The van der Waals surface area contributed by atoms with Crippen LogP contribution in [0, 0.1) is 6.57 Å². The van der Waals surface area contributed by atoms with Crippen molar-refractivity contribution in [3.8, 4) is 33.6 Å². The highest BCUT2D eigenvalue weighted by Crippen LogP contribution is 2.40. The summed E-state index contributed by atoms with van der Waals surface area (Å²) in [7, 11) is 0. The Morgan fingerprint density at radius 2 is 0.891 bits per heavy atom. The van der Waals surface area contributed by atoms with E-state index in [-0.39, 0.29) is 0 Å². The van der Waals surface area contributed by atoms with Crippen LogP contribution < -0.4 is 0 Å². The molecule has 0 aliphatic rings. The van der Waals surface area contributed by atoms with E-state index >= 15 is 0 Å². The Morgan fingerprint density at radius 1 is 0.391 bits per heavy atom. The molecule has 2 heterocycles. The van der Waals surface area contributed by atoms with E-state index < -0.39 is 0 Å². The van der Waals surface area contributed by atoms with Crippen LogP contribution in [0.4, 0.5) is 5.69 Å². The number of para-hydroxylation sites is 3. The lowest BCUT2D eigenvalue weighted by Crippen LogP contribution is -1.95. The zero-order valence-corrected chi connectivity index (χ0v) is 24.9. The van der Waals surface area contributed by atoms with Gasteiger partial charge in [-0.2, -0.15) is 0 Å². The molecule has 0 aliphatic carbocycles. The van der Waals surface area contributed by atoms with E-state index in [1.165, 1.54) is 54.7 Å². The SMILES string of the molecule is [C-]#[N+]c1ccc(-c2cccc(-n3c4ccccc4c4c(-c5cccc(-n6c7ccccc7c7ccccc76)c5)cccc43)c2)cc1. The number of hydrogen-bond acceptors (Lipinski definition) is 0. The summed E-state index contributed by atoms with van der Waals surface area (Å²) >= 11 is 0. The summed E-state index contributed by atoms with van der Waals surface area (Å²) in [5, 5.41) is 4.99. The minimum atomic E-state index is 0.650. The van der Waals surface area contributed by atoms with E-state index in [0.29, 0.717) is 5.69 Å². The third-order valence-electron chi connectivity index (χ3n) is 9.13. The second kappa shape index (κ2) is 10.4. The quantitative estimate of drug-likeness (QED) is 0.182. The van der Waals surface area contributed by atoms with Crippen molar-refractivity contribution in [2.45, 2.75) is 0 Å². The molecule has 0 saturated carbocycles. The molecule has 0 fully saturated rings. The molecule has 0 saturated heterocycles. The monoisotopic (exact) mass is 585 g/mol. The summed E-state index contributed by atoms with van der Waals surface area (Å²) in [6, 6.07) is 58.1. The van der Waals surface area contributed by atoms with E-state index in [2.05, 4.69) is 154 Å². The van der Waals surface area contributed by atoms with Gasteiger partial charge in [0.05, 0.1) is 28.6 Å². The molecule has 0 spiro atoms. The zero-order chi connectivity index (χ0) is 30.6. The third kappa shape index (κ3) is 3.98. The summed E-state index contributed by atoms with van der Waals surface area (Å²) in [6.45, 7) is 7.31. The Bertz CT molecular complexity index is 2590. The Balaban J connectivity index is 1.25. The first kappa shape index (κ1) is 26.1. The molecule has 46 heavy (non-hydrogen) atoms. The van der Waals surface area contributed by atoms with Crippen molar-refractivity contribution in [2.75, 3.05) is 0 Å². The van der Waals surface area contributed by atoms with Gasteiger partial charge in [-0.25, -0.2) is 4.85 Å². The van der Waals surface area contributed by atoms with E-state index in [1.54, 1.807) is 0 Å². The third-order valence-corrected chi connectivity index (χ3v) is 9.13. The summed E-state index contributed by atoms with van der Waals surface area (Å²) in [5.74, 6) is 0. The van der Waals surface area contributed by atoms with Gasteiger partial charge in [0.15, 0.2) is 5.69 Å². The molecule has 7 aromatic carbocycles. The Labute approximate surface area is 266 Å². The molecule has 0 amide bonds. The normalized spacial score (nSPS) is 11.5. The van der Waals surface area contributed by atoms with E-state index in [0.717, 1.165) is 22.5 Å². The molecular formula is C43H27N3. The molecule has 2 aromatic heterocycles. The van der Waals surface area contributed by atoms with Crippen LogP contribution in [0.25, 0.3) is 82.1 Å².